The van der Waals surface area contributed by atoms with Crippen molar-refractivity contribution in [2.75, 3.05) is 30.3 Å². The van der Waals surface area contributed by atoms with E-state index in [-0.39, 0.29) is 4.90 Å². The Labute approximate surface area is 127 Å². The third-order valence-corrected chi connectivity index (χ3v) is 5.65. The van der Waals surface area contributed by atoms with Crippen LogP contribution in [0.1, 0.15) is 33.6 Å². The van der Waals surface area contributed by atoms with Crippen molar-refractivity contribution in [3.63, 3.8) is 0 Å². The SMILES string of the molecule is CCNS(=O)(=O)c1ccc(N)c(N2CCC(C)(C)CC2)c1. The molecule has 0 radical (unpaired) electrons. The maximum atomic E-state index is 12.1. The molecule has 1 aromatic carbocycles. The van der Waals surface area contributed by atoms with E-state index in [1.807, 2.05) is 0 Å². The number of nitrogens with zero attached hydrogens (tertiary/aromatic N) is 1. The first-order valence-corrected chi connectivity index (χ1v) is 8.88. The van der Waals surface area contributed by atoms with Crippen LogP contribution in [0.4, 0.5) is 11.4 Å². The highest BCUT2D eigenvalue weighted by Gasteiger charge is 2.27. The number of anilines is 2. The highest BCUT2D eigenvalue weighted by Crippen LogP contribution is 2.35. The molecule has 0 saturated carbocycles. The highest BCUT2D eigenvalue weighted by atomic mass is 32.2. The smallest absolute Gasteiger partial charge is 0.240 e. The fourth-order valence-corrected chi connectivity index (χ4v) is 3.65. The van der Waals surface area contributed by atoms with Gasteiger partial charge in [0.05, 0.1) is 16.3 Å². The summed E-state index contributed by atoms with van der Waals surface area (Å²) in [5.74, 6) is 0. The zero-order valence-electron chi connectivity index (χ0n) is 13.0. The summed E-state index contributed by atoms with van der Waals surface area (Å²) in [6.07, 6.45) is 2.16. The summed E-state index contributed by atoms with van der Waals surface area (Å²) < 4.78 is 26.7. The van der Waals surface area contributed by atoms with Gasteiger partial charge in [0, 0.05) is 19.6 Å². The van der Waals surface area contributed by atoms with Gasteiger partial charge in [-0.25, -0.2) is 13.1 Å². The largest absolute Gasteiger partial charge is 0.397 e. The summed E-state index contributed by atoms with van der Waals surface area (Å²) in [6, 6.07) is 4.93. The van der Waals surface area contributed by atoms with Crippen molar-refractivity contribution in [2.45, 2.75) is 38.5 Å². The van der Waals surface area contributed by atoms with E-state index in [4.69, 9.17) is 5.73 Å². The van der Waals surface area contributed by atoms with Gasteiger partial charge in [0.1, 0.15) is 0 Å². The second-order valence-corrected chi connectivity index (χ2v) is 8.14. The lowest BCUT2D eigenvalue weighted by Crippen LogP contribution is -2.37. The van der Waals surface area contributed by atoms with Gasteiger partial charge in [0.2, 0.25) is 10.0 Å². The standard InChI is InChI=1S/C15H25N3O2S/c1-4-17-21(19,20)12-5-6-13(16)14(11-12)18-9-7-15(2,3)8-10-18/h5-6,11,17H,4,7-10,16H2,1-3H3. The van der Waals surface area contributed by atoms with Gasteiger partial charge < -0.3 is 10.6 Å². The fourth-order valence-electron chi connectivity index (χ4n) is 2.59. The Hall–Kier alpha value is -1.27. The molecule has 0 spiro atoms. The topological polar surface area (TPSA) is 75.4 Å². The predicted octanol–water partition coefficient (Wildman–Crippen LogP) is 2.19. The van der Waals surface area contributed by atoms with Gasteiger partial charge in [0.15, 0.2) is 0 Å². The van der Waals surface area contributed by atoms with E-state index in [0.29, 0.717) is 17.6 Å². The van der Waals surface area contributed by atoms with Gasteiger partial charge >= 0.3 is 0 Å². The van der Waals surface area contributed by atoms with Crippen LogP contribution in [0.3, 0.4) is 0 Å². The number of hydrogen-bond donors (Lipinski definition) is 2. The molecule has 0 atom stereocenters. The molecule has 1 aliphatic heterocycles. The number of nitrogens with one attached hydrogen (secondary N) is 1. The van der Waals surface area contributed by atoms with Crippen LogP contribution in [0.25, 0.3) is 0 Å². The summed E-state index contributed by atoms with van der Waals surface area (Å²) in [4.78, 5) is 2.46. The number of benzene rings is 1. The second-order valence-electron chi connectivity index (χ2n) is 6.37. The number of sulfonamides is 1. The van der Waals surface area contributed by atoms with Gasteiger partial charge in [0.25, 0.3) is 0 Å². The van der Waals surface area contributed by atoms with E-state index in [0.717, 1.165) is 31.6 Å². The zero-order chi connectivity index (χ0) is 15.7. The van der Waals surface area contributed by atoms with Crippen LogP contribution in [0, 0.1) is 5.41 Å². The third kappa shape index (κ3) is 3.68. The van der Waals surface area contributed by atoms with Crippen LogP contribution in [0.15, 0.2) is 23.1 Å². The van der Waals surface area contributed by atoms with Crippen LogP contribution >= 0.6 is 0 Å². The summed E-state index contributed by atoms with van der Waals surface area (Å²) in [5, 5.41) is 0. The maximum Gasteiger partial charge on any atom is 0.240 e. The molecule has 1 aromatic rings. The number of nitrogens with two attached hydrogens (primary N) is 1. The monoisotopic (exact) mass is 311 g/mol. The fraction of sp³-hybridized carbons (Fsp3) is 0.600. The van der Waals surface area contributed by atoms with Crippen molar-refractivity contribution in [1.82, 2.24) is 4.72 Å². The summed E-state index contributed by atoms with van der Waals surface area (Å²) >= 11 is 0. The molecular weight excluding hydrogens is 286 g/mol. The van der Waals surface area contributed by atoms with Crippen molar-refractivity contribution in [3.05, 3.63) is 18.2 Å². The quantitative estimate of drug-likeness (QED) is 0.836. The molecule has 0 amide bonds. The zero-order valence-corrected chi connectivity index (χ0v) is 13.8. The van der Waals surface area contributed by atoms with Crippen LogP contribution in [0.2, 0.25) is 0 Å². The van der Waals surface area contributed by atoms with E-state index in [2.05, 4.69) is 23.5 Å². The van der Waals surface area contributed by atoms with E-state index in [1.165, 1.54) is 0 Å². The molecule has 1 aliphatic rings. The van der Waals surface area contributed by atoms with Crippen molar-refractivity contribution in [1.29, 1.82) is 0 Å². The van der Waals surface area contributed by atoms with Gasteiger partial charge in [-0.2, -0.15) is 0 Å². The van der Waals surface area contributed by atoms with Gasteiger partial charge in [-0.1, -0.05) is 20.8 Å². The Balaban J connectivity index is 2.29. The second kappa shape index (κ2) is 5.85. The van der Waals surface area contributed by atoms with Crippen LogP contribution in [-0.2, 0) is 10.0 Å². The number of rotatable bonds is 4. The molecule has 5 nitrogen and oxygen atoms in total. The Morgan fingerprint density at radius 2 is 1.90 bits per heavy atom. The number of nitrogen functional groups attached to an aromatic ring is 1. The molecule has 118 valence electrons. The predicted molar refractivity (Wildman–Crippen MR) is 86.9 cm³/mol. The highest BCUT2D eigenvalue weighted by molar-refractivity contribution is 7.89. The molecule has 0 aromatic heterocycles. The molecular formula is C15H25N3O2S. The molecule has 0 aliphatic carbocycles. The number of piperidine rings is 1. The minimum absolute atomic E-state index is 0.276. The van der Waals surface area contributed by atoms with Gasteiger partial charge in [-0.15, -0.1) is 0 Å². The molecule has 21 heavy (non-hydrogen) atoms. The normalized spacial score (nSPS) is 18.7. The number of hydrogen-bond acceptors (Lipinski definition) is 4. The Kier molecular flexibility index (Phi) is 4.49. The summed E-state index contributed by atoms with van der Waals surface area (Å²) in [6.45, 7) is 8.48. The lowest BCUT2D eigenvalue weighted by Gasteiger charge is -2.38. The lowest BCUT2D eigenvalue weighted by molar-refractivity contribution is 0.280. The third-order valence-electron chi connectivity index (χ3n) is 4.10. The average Bonchev–Trinajstić information content (AvgIpc) is 2.39. The molecule has 1 heterocycles. The first kappa shape index (κ1) is 16.1. The molecule has 2 rings (SSSR count). The Bertz CT molecular complexity index is 601. The summed E-state index contributed by atoms with van der Waals surface area (Å²) in [7, 11) is -3.44. The molecule has 0 unspecified atom stereocenters. The summed E-state index contributed by atoms with van der Waals surface area (Å²) in [5.41, 5.74) is 7.85. The van der Waals surface area contributed by atoms with E-state index in [1.54, 1.807) is 25.1 Å². The first-order chi connectivity index (χ1) is 9.75. The van der Waals surface area contributed by atoms with Crippen LogP contribution in [-0.4, -0.2) is 28.1 Å². The first-order valence-electron chi connectivity index (χ1n) is 7.39. The maximum absolute atomic E-state index is 12.1. The van der Waals surface area contributed by atoms with Crippen molar-refractivity contribution >= 4 is 21.4 Å². The van der Waals surface area contributed by atoms with E-state index in [9.17, 15) is 8.42 Å². The minimum atomic E-state index is -3.44. The van der Waals surface area contributed by atoms with Crippen molar-refractivity contribution < 1.29 is 8.42 Å². The molecule has 1 saturated heterocycles. The Morgan fingerprint density at radius 3 is 2.48 bits per heavy atom. The van der Waals surface area contributed by atoms with Gasteiger partial charge in [-0.3, -0.25) is 0 Å². The van der Waals surface area contributed by atoms with Crippen LogP contribution < -0.4 is 15.4 Å². The van der Waals surface area contributed by atoms with Crippen molar-refractivity contribution in [3.8, 4) is 0 Å². The lowest BCUT2D eigenvalue weighted by atomic mass is 9.82. The average molecular weight is 311 g/mol. The molecule has 1 fully saturated rings. The molecule has 6 heteroatoms. The van der Waals surface area contributed by atoms with E-state index >= 15 is 0 Å². The van der Waals surface area contributed by atoms with Gasteiger partial charge in [-0.05, 0) is 36.5 Å². The molecule has 3 N–H and O–H groups in total. The van der Waals surface area contributed by atoms with Crippen molar-refractivity contribution in [2.24, 2.45) is 5.41 Å². The Morgan fingerprint density at radius 1 is 1.29 bits per heavy atom. The molecule has 0 bridgehead atoms. The van der Waals surface area contributed by atoms with E-state index < -0.39 is 10.0 Å². The minimum Gasteiger partial charge on any atom is -0.397 e. The van der Waals surface area contributed by atoms with Crippen LogP contribution in [0.5, 0.6) is 0 Å².